The number of hydrogen-bond acceptors (Lipinski definition) is 3. The SMILES string of the molecule is CC(C)CC1(C(O)Cc2ccc([N+](=O)[O-])cc2)CCCC1. The first-order valence-electron chi connectivity index (χ1n) is 7.84. The Labute approximate surface area is 126 Å². The Morgan fingerprint density at radius 2 is 1.81 bits per heavy atom. The fourth-order valence-electron chi connectivity index (χ4n) is 3.76. The molecule has 0 spiro atoms. The second-order valence-electron chi connectivity index (χ2n) is 6.81. The summed E-state index contributed by atoms with van der Waals surface area (Å²) in [7, 11) is 0. The first kappa shape index (κ1) is 16.0. The van der Waals surface area contributed by atoms with Gasteiger partial charge in [0.25, 0.3) is 5.69 Å². The van der Waals surface area contributed by atoms with Crippen LogP contribution in [0.1, 0.15) is 51.5 Å². The lowest BCUT2D eigenvalue weighted by molar-refractivity contribution is -0.384. The molecule has 0 radical (unpaired) electrons. The molecule has 2 rings (SSSR count). The number of nitro groups is 1. The molecule has 0 aliphatic heterocycles. The van der Waals surface area contributed by atoms with Crippen LogP contribution in [-0.2, 0) is 6.42 Å². The molecular formula is C17H25NO3. The van der Waals surface area contributed by atoms with E-state index in [0.29, 0.717) is 12.3 Å². The van der Waals surface area contributed by atoms with Crippen molar-refractivity contribution in [3.63, 3.8) is 0 Å². The van der Waals surface area contributed by atoms with Gasteiger partial charge in [0.15, 0.2) is 0 Å². The summed E-state index contributed by atoms with van der Waals surface area (Å²) in [5.41, 5.74) is 1.12. The van der Waals surface area contributed by atoms with Crippen molar-refractivity contribution in [3.05, 3.63) is 39.9 Å². The molecule has 0 amide bonds. The third-order valence-corrected chi connectivity index (χ3v) is 4.70. The summed E-state index contributed by atoms with van der Waals surface area (Å²) in [6, 6.07) is 6.57. The Bertz CT molecular complexity index is 475. The minimum Gasteiger partial charge on any atom is -0.392 e. The van der Waals surface area contributed by atoms with Crippen LogP contribution in [0.4, 0.5) is 5.69 Å². The lowest BCUT2D eigenvalue weighted by Gasteiger charge is -2.36. The third kappa shape index (κ3) is 3.82. The zero-order chi connectivity index (χ0) is 15.5. The average Bonchev–Trinajstić information content (AvgIpc) is 2.88. The molecule has 1 unspecified atom stereocenters. The predicted octanol–water partition coefficient (Wildman–Crippen LogP) is 4.10. The molecule has 4 heteroatoms. The van der Waals surface area contributed by atoms with Crippen molar-refractivity contribution in [2.24, 2.45) is 11.3 Å². The molecule has 1 fully saturated rings. The Balaban J connectivity index is 2.08. The lowest BCUT2D eigenvalue weighted by atomic mass is 9.72. The van der Waals surface area contributed by atoms with E-state index >= 15 is 0 Å². The van der Waals surface area contributed by atoms with Crippen LogP contribution in [0, 0.1) is 21.4 Å². The smallest absolute Gasteiger partial charge is 0.269 e. The summed E-state index contributed by atoms with van der Waals surface area (Å²) < 4.78 is 0. The number of aliphatic hydroxyl groups excluding tert-OH is 1. The summed E-state index contributed by atoms with van der Waals surface area (Å²) in [6.07, 6.45) is 5.88. The lowest BCUT2D eigenvalue weighted by Crippen LogP contribution is -2.35. The van der Waals surface area contributed by atoms with Crippen molar-refractivity contribution in [1.82, 2.24) is 0 Å². The van der Waals surface area contributed by atoms with Gasteiger partial charge in [-0.3, -0.25) is 10.1 Å². The predicted molar refractivity (Wildman–Crippen MR) is 83.2 cm³/mol. The zero-order valence-electron chi connectivity index (χ0n) is 12.9. The fourth-order valence-corrected chi connectivity index (χ4v) is 3.76. The fraction of sp³-hybridized carbons (Fsp3) is 0.647. The third-order valence-electron chi connectivity index (χ3n) is 4.70. The van der Waals surface area contributed by atoms with Crippen LogP contribution in [0.15, 0.2) is 24.3 Å². The molecule has 1 aliphatic carbocycles. The van der Waals surface area contributed by atoms with E-state index in [1.54, 1.807) is 12.1 Å². The van der Waals surface area contributed by atoms with Crippen LogP contribution >= 0.6 is 0 Å². The normalized spacial score (nSPS) is 18.9. The summed E-state index contributed by atoms with van der Waals surface area (Å²) in [5.74, 6) is 0.578. The molecule has 0 saturated heterocycles. The number of aliphatic hydroxyl groups is 1. The van der Waals surface area contributed by atoms with Gasteiger partial charge in [-0.1, -0.05) is 38.8 Å². The molecular weight excluding hydrogens is 266 g/mol. The van der Waals surface area contributed by atoms with Gasteiger partial charge in [0.05, 0.1) is 11.0 Å². The number of benzene rings is 1. The standard InChI is InChI=1S/C17H25NO3/c1-13(2)12-17(9-3-4-10-17)16(19)11-14-5-7-15(8-6-14)18(20)21/h5-8,13,16,19H,3-4,9-12H2,1-2H3. The van der Waals surface area contributed by atoms with Gasteiger partial charge in [-0.2, -0.15) is 0 Å². The average molecular weight is 291 g/mol. The van der Waals surface area contributed by atoms with Gasteiger partial charge in [0, 0.05) is 12.1 Å². The molecule has 116 valence electrons. The molecule has 1 aromatic carbocycles. The van der Waals surface area contributed by atoms with Crippen molar-refractivity contribution in [2.75, 3.05) is 0 Å². The van der Waals surface area contributed by atoms with Crippen LogP contribution in [-0.4, -0.2) is 16.1 Å². The Kier molecular flexibility index (Phi) is 4.99. The number of hydrogen-bond donors (Lipinski definition) is 1. The topological polar surface area (TPSA) is 63.4 Å². The quantitative estimate of drug-likeness (QED) is 0.634. The highest BCUT2D eigenvalue weighted by Crippen LogP contribution is 2.46. The highest BCUT2D eigenvalue weighted by Gasteiger charge is 2.40. The van der Waals surface area contributed by atoms with E-state index in [2.05, 4.69) is 13.8 Å². The number of nitro benzene ring substituents is 1. The maximum absolute atomic E-state index is 10.7. The van der Waals surface area contributed by atoms with Crippen LogP contribution in [0.5, 0.6) is 0 Å². The van der Waals surface area contributed by atoms with Gasteiger partial charge >= 0.3 is 0 Å². The minimum atomic E-state index is -0.391. The number of non-ortho nitro benzene ring substituents is 1. The highest BCUT2D eigenvalue weighted by molar-refractivity contribution is 5.33. The molecule has 0 bridgehead atoms. The van der Waals surface area contributed by atoms with Crippen molar-refractivity contribution >= 4 is 5.69 Å². The van der Waals surface area contributed by atoms with E-state index in [4.69, 9.17) is 0 Å². The van der Waals surface area contributed by atoms with Gasteiger partial charge in [-0.25, -0.2) is 0 Å². The van der Waals surface area contributed by atoms with Crippen molar-refractivity contribution in [3.8, 4) is 0 Å². The Morgan fingerprint density at radius 1 is 1.24 bits per heavy atom. The van der Waals surface area contributed by atoms with E-state index in [1.807, 2.05) is 0 Å². The molecule has 4 nitrogen and oxygen atoms in total. The maximum Gasteiger partial charge on any atom is 0.269 e. The molecule has 1 aromatic rings. The summed E-state index contributed by atoms with van der Waals surface area (Å²) >= 11 is 0. The monoisotopic (exact) mass is 291 g/mol. The van der Waals surface area contributed by atoms with Gasteiger partial charge in [0.1, 0.15) is 0 Å². The van der Waals surface area contributed by atoms with Crippen molar-refractivity contribution < 1.29 is 10.0 Å². The van der Waals surface area contributed by atoms with Crippen LogP contribution in [0.2, 0.25) is 0 Å². The minimum absolute atomic E-state index is 0.0376. The summed E-state index contributed by atoms with van der Waals surface area (Å²) in [4.78, 5) is 10.3. The molecule has 0 heterocycles. The molecule has 1 aliphatic rings. The van der Waals surface area contributed by atoms with E-state index in [-0.39, 0.29) is 17.2 Å². The molecule has 21 heavy (non-hydrogen) atoms. The summed E-state index contributed by atoms with van der Waals surface area (Å²) in [5, 5.41) is 21.4. The second-order valence-corrected chi connectivity index (χ2v) is 6.81. The maximum atomic E-state index is 10.7. The van der Waals surface area contributed by atoms with Gasteiger partial charge in [0.2, 0.25) is 0 Å². The molecule has 1 N–H and O–H groups in total. The largest absolute Gasteiger partial charge is 0.392 e. The van der Waals surface area contributed by atoms with Gasteiger partial charge in [-0.05, 0) is 42.6 Å². The van der Waals surface area contributed by atoms with Gasteiger partial charge < -0.3 is 5.11 Å². The van der Waals surface area contributed by atoms with E-state index in [9.17, 15) is 15.2 Å². The molecule has 1 atom stereocenters. The highest BCUT2D eigenvalue weighted by atomic mass is 16.6. The van der Waals surface area contributed by atoms with Crippen LogP contribution < -0.4 is 0 Å². The Morgan fingerprint density at radius 3 is 2.29 bits per heavy atom. The molecule has 0 aromatic heterocycles. The van der Waals surface area contributed by atoms with Crippen molar-refractivity contribution in [1.29, 1.82) is 0 Å². The number of rotatable bonds is 6. The zero-order valence-corrected chi connectivity index (χ0v) is 12.9. The first-order valence-corrected chi connectivity index (χ1v) is 7.84. The van der Waals surface area contributed by atoms with Crippen LogP contribution in [0.25, 0.3) is 0 Å². The van der Waals surface area contributed by atoms with E-state index < -0.39 is 4.92 Å². The van der Waals surface area contributed by atoms with E-state index in [1.165, 1.54) is 25.0 Å². The Hall–Kier alpha value is -1.42. The van der Waals surface area contributed by atoms with Crippen LogP contribution in [0.3, 0.4) is 0 Å². The molecule has 1 saturated carbocycles. The second kappa shape index (κ2) is 6.56. The van der Waals surface area contributed by atoms with Gasteiger partial charge in [-0.15, -0.1) is 0 Å². The van der Waals surface area contributed by atoms with E-state index in [0.717, 1.165) is 24.8 Å². The van der Waals surface area contributed by atoms with Crippen molar-refractivity contribution in [2.45, 2.75) is 58.5 Å². The number of nitrogens with zero attached hydrogens (tertiary/aromatic N) is 1. The summed E-state index contributed by atoms with van der Waals surface area (Å²) in [6.45, 7) is 4.41. The first-order chi connectivity index (χ1) is 9.93.